The van der Waals surface area contributed by atoms with Crippen LogP contribution in [-0.2, 0) is 17.6 Å². The van der Waals surface area contributed by atoms with Crippen molar-refractivity contribution in [1.29, 1.82) is 0 Å². The van der Waals surface area contributed by atoms with Gasteiger partial charge in [0.2, 0.25) is 11.8 Å². The molecule has 1 unspecified atom stereocenters. The first-order valence-electron chi connectivity index (χ1n) is 8.76. The number of hydrogen-bond acceptors (Lipinski definition) is 5. The highest BCUT2D eigenvalue weighted by molar-refractivity contribution is 5.76. The van der Waals surface area contributed by atoms with E-state index in [9.17, 15) is 4.79 Å². The molecule has 2 aromatic rings. The Morgan fingerprint density at radius 2 is 2.33 bits per heavy atom. The van der Waals surface area contributed by atoms with Crippen molar-refractivity contribution >= 4 is 5.91 Å². The van der Waals surface area contributed by atoms with Gasteiger partial charge in [0.05, 0.1) is 6.04 Å². The van der Waals surface area contributed by atoms with Crippen molar-refractivity contribution in [2.45, 2.75) is 58.4 Å². The maximum Gasteiger partial charge on any atom is 0.226 e. The van der Waals surface area contributed by atoms with Crippen molar-refractivity contribution in [3.8, 4) is 0 Å². The van der Waals surface area contributed by atoms with Gasteiger partial charge in [-0.3, -0.25) is 4.79 Å². The Morgan fingerprint density at radius 1 is 1.46 bits per heavy atom. The average molecular weight is 331 g/mol. The van der Waals surface area contributed by atoms with Gasteiger partial charge >= 0.3 is 0 Å². The van der Waals surface area contributed by atoms with Crippen molar-refractivity contribution in [2.75, 3.05) is 13.1 Å². The predicted molar refractivity (Wildman–Crippen MR) is 88.4 cm³/mol. The molecule has 130 valence electrons. The molecule has 0 aliphatic carbocycles. The van der Waals surface area contributed by atoms with E-state index in [-0.39, 0.29) is 5.91 Å². The van der Waals surface area contributed by atoms with Crippen LogP contribution in [0.3, 0.4) is 0 Å². The quantitative estimate of drug-likeness (QED) is 0.812. The Labute approximate surface area is 142 Å². The molecule has 24 heavy (non-hydrogen) atoms. The van der Waals surface area contributed by atoms with Crippen LogP contribution in [0, 0.1) is 6.92 Å². The van der Waals surface area contributed by atoms with Crippen LogP contribution < -0.4 is 0 Å². The summed E-state index contributed by atoms with van der Waals surface area (Å²) in [5.41, 5.74) is 0. The molecule has 0 spiro atoms. The van der Waals surface area contributed by atoms with Gasteiger partial charge in [0.15, 0.2) is 5.82 Å². The Bertz CT molecular complexity index is 678. The van der Waals surface area contributed by atoms with Gasteiger partial charge in [0.1, 0.15) is 5.82 Å². The van der Waals surface area contributed by atoms with Crippen molar-refractivity contribution in [1.82, 2.24) is 24.6 Å². The third-order valence-electron chi connectivity index (χ3n) is 4.56. The minimum absolute atomic E-state index is 0.217. The van der Waals surface area contributed by atoms with E-state index in [1.807, 2.05) is 17.3 Å². The Kier molecular flexibility index (Phi) is 5.27. The molecular formula is C17H25N5O2. The van der Waals surface area contributed by atoms with E-state index in [2.05, 4.69) is 26.6 Å². The van der Waals surface area contributed by atoms with Crippen LogP contribution in [0.15, 0.2) is 16.9 Å². The lowest BCUT2D eigenvalue weighted by Gasteiger charge is -2.34. The molecule has 3 rings (SSSR count). The fraction of sp³-hybridized carbons (Fsp3) is 0.647. The molecule has 0 aromatic carbocycles. The molecule has 1 saturated heterocycles. The number of likely N-dealkylation sites (tertiary alicyclic amines) is 1. The molecule has 0 N–H and O–H groups in total. The number of piperidine rings is 1. The number of carbonyl (C=O) groups excluding carboxylic acids is 1. The lowest BCUT2D eigenvalue weighted by atomic mass is 10.0. The molecule has 1 amide bonds. The van der Waals surface area contributed by atoms with Crippen LogP contribution in [0.25, 0.3) is 0 Å². The van der Waals surface area contributed by atoms with Crippen molar-refractivity contribution in [2.24, 2.45) is 0 Å². The largest absolute Gasteiger partial charge is 0.341 e. The molecule has 1 aliphatic heterocycles. The first kappa shape index (κ1) is 16.7. The first-order chi connectivity index (χ1) is 11.7. The summed E-state index contributed by atoms with van der Waals surface area (Å²) >= 11 is 0. The monoisotopic (exact) mass is 331 g/mol. The van der Waals surface area contributed by atoms with Gasteiger partial charge < -0.3 is 14.0 Å². The van der Waals surface area contributed by atoms with Gasteiger partial charge in [-0.15, -0.1) is 0 Å². The minimum atomic E-state index is 0.217. The molecule has 1 fully saturated rings. The highest BCUT2D eigenvalue weighted by Gasteiger charge is 2.25. The van der Waals surface area contributed by atoms with Crippen LogP contribution >= 0.6 is 0 Å². The molecule has 1 aliphatic rings. The van der Waals surface area contributed by atoms with Crippen molar-refractivity contribution in [3.63, 3.8) is 0 Å². The van der Waals surface area contributed by atoms with Crippen molar-refractivity contribution < 1.29 is 9.32 Å². The summed E-state index contributed by atoms with van der Waals surface area (Å²) in [6.45, 7) is 5.55. The molecule has 2 aromatic heterocycles. The summed E-state index contributed by atoms with van der Waals surface area (Å²) in [7, 11) is 0. The lowest BCUT2D eigenvalue weighted by Crippen LogP contribution is -2.40. The SMILES string of the molecule is CCc1nccn1C1CCCN(C(=O)CCCc2nc(C)no2)C1. The number of hydrogen-bond donors (Lipinski definition) is 0. The summed E-state index contributed by atoms with van der Waals surface area (Å²) in [5.74, 6) is 2.57. The zero-order valence-corrected chi connectivity index (χ0v) is 14.4. The fourth-order valence-electron chi connectivity index (χ4n) is 3.35. The number of carbonyl (C=O) groups is 1. The maximum absolute atomic E-state index is 12.5. The van der Waals surface area contributed by atoms with Gasteiger partial charge in [-0.2, -0.15) is 4.98 Å². The molecule has 0 saturated carbocycles. The zero-order valence-electron chi connectivity index (χ0n) is 14.4. The molecule has 0 radical (unpaired) electrons. The van der Waals surface area contributed by atoms with E-state index in [1.165, 1.54) is 0 Å². The average Bonchev–Trinajstić information content (AvgIpc) is 3.23. The third kappa shape index (κ3) is 3.83. The molecule has 0 bridgehead atoms. The predicted octanol–water partition coefficient (Wildman–Crippen LogP) is 2.32. The number of amides is 1. The topological polar surface area (TPSA) is 77.1 Å². The Balaban J connectivity index is 1.51. The zero-order chi connectivity index (χ0) is 16.9. The maximum atomic E-state index is 12.5. The molecular weight excluding hydrogens is 306 g/mol. The number of nitrogens with zero attached hydrogens (tertiary/aromatic N) is 5. The van der Waals surface area contributed by atoms with Gasteiger partial charge in [-0.05, 0) is 26.2 Å². The normalized spacial score (nSPS) is 18.1. The number of aryl methyl sites for hydroxylation is 3. The Morgan fingerprint density at radius 3 is 3.08 bits per heavy atom. The summed E-state index contributed by atoms with van der Waals surface area (Å²) in [6.07, 6.45) is 8.88. The van der Waals surface area contributed by atoms with Crippen LogP contribution in [0.1, 0.15) is 56.2 Å². The second-order valence-electron chi connectivity index (χ2n) is 6.33. The highest BCUT2D eigenvalue weighted by Crippen LogP contribution is 2.23. The Hall–Kier alpha value is -2.18. The van der Waals surface area contributed by atoms with Gasteiger partial charge in [-0.1, -0.05) is 12.1 Å². The number of rotatable bonds is 6. The van der Waals surface area contributed by atoms with E-state index < -0.39 is 0 Å². The number of aromatic nitrogens is 4. The summed E-state index contributed by atoms with van der Waals surface area (Å²) < 4.78 is 7.32. The number of imidazole rings is 1. The van der Waals surface area contributed by atoms with E-state index in [4.69, 9.17) is 4.52 Å². The molecule has 7 nitrogen and oxygen atoms in total. The van der Waals surface area contributed by atoms with E-state index in [1.54, 1.807) is 6.92 Å². The van der Waals surface area contributed by atoms with Crippen molar-refractivity contribution in [3.05, 3.63) is 29.9 Å². The smallest absolute Gasteiger partial charge is 0.226 e. The molecule has 3 heterocycles. The van der Waals surface area contributed by atoms with E-state index in [0.29, 0.717) is 30.6 Å². The fourth-order valence-corrected chi connectivity index (χ4v) is 3.35. The molecule has 1 atom stereocenters. The van der Waals surface area contributed by atoms with Crippen LogP contribution in [0.5, 0.6) is 0 Å². The second-order valence-corrected chi connectivity index (χ2v) is 6.33. The van der Waals surface area contributed by atoms with Gasteiger partial charge in [0.25, 0.3) is 0 Å². The van der Waals surface area contributed by atoms with Crippen LogP contribution in [0.2, 0.25) is 0 Å². The first-order valence-corrected chi connectivity index (χ1v) is 8.76. The minimum Gasteiger partial charge on any atom is -0.341 e. The highest BCUT2D eigenvalue weighted by atomic mass is 16.5. The molecule has 7 heteroatoms. The summed E-state index contributed by atoms with van der Waals surface area (Å²) in [6, 6.07) is 0.346. The van der Waals surface area contributed by atoms with Gasteiger partial charge in [0, 0.05) is 44.7 Å². The summed E-state index contributed by atoms with van der Waals surface area (Å²) in [4.78, 5) is 23.1. The summed E-state index contributed by atoms with van der Waals surface area (Å²) in [5, 5.41) is 3.77. The van der Waals surface area contributed by atoms with E-state index >= 15 is 0 Å². The second kappa shape index (κ2) is 7.59. The van der Waals surface area contributed by atoms with Crippen LogP contribution in [-0.4, -0.2) is 43.6 Å². The standard InChI is InChI=1S/C17H25N5O2/c1-3-15-18-9-11-22(15)14-6-5-10-21(12-14)17(23)8-4-7-16-19-13(2)20-24-16/h9,11,14H,3-8,10,12H2,1-2H3. The van der Waals surface area contributed by atoms with Gasteiger partial charge in [-0.25, -0.2) is 4.98 Å². The van der Waals surface area contributed by atoms with E-state index in [0.717, 1.165) is 44.6 Å². The van der Waals surface area contributed by atoms with Crippen LogP contribution in [0.4, 0.5) is 0 Å². The lowest BCUT2D eigenvalue weighted by molar-refractivity contribution is -0.132. The third-order valence-corrected chi connectivity index (χ3v) is 4.56.